The minimum absolute atomic E-state index is 0.0109. The van der Waals surface area contributed by atoms with E-state index in [-0.39, 0.29) is 5.03 Å². The fourth-order valence-electron chi connectivity index (χ4n) is 1.79. The van der Waals surface area contributed by atoms with Crippen LogP contribution in [0.2, 0.25) is 0 Å². The molecule has 1 aromatic carbocycles. The first kappa shape index (κ1) is 14.1. The van der Waals surface area contributed by atoms with Crippen molar-refractivity contribution in [2.45, 2.75) is 18.9 Å². The molecule has 0 aliphatic heterocycles. The molecule has 0 atom stereocenters. The summed E-state index contributed by atoms with van der Waals surface area (Å²) in [5.41, 5.74) is 2.30. The van der Waals surface area contributed by atoms with E-state index in [2.05, 4.69) is 25.6 Å². The van der Waals surface area contributed by atoms with Gasteiger partial charge in [0.25, 0.3) is 10.0 Å². The molecule has 0 amide bonds. The molecule has 19 heavy (non-hydrogen) atoms. The predicted molar refractivity (Wildman–Crippen MR) is 77.6 cm³/mol. The molecule has 0 saturated carbocycles. The van der Waals surface area contributed by atoms with E-state index in [1.54, 1.807) is 11.6 Å². The van der Waals surface area contributed by atoms with Gasteiger partial charge in [-0.25, -0.2) is 4.98 Å². The van der Waals surface area contributed by atoms with Crippen molar-refractivity contribution in [1.82, 2.24) is 9.55 Å². The third-order valence-corrected chi connectivity index (χ3v) is 4.38. The molecule has 2 aromatic rings. The maximum atomic E-state index is 12.2. The predicted octanol–water partition coefficient (Wildman–Crippen LogP) is 2.60. The van der Waals surface area contributed by atoms with Gasteiger partial charge in [-0.05, 0) is 37.1 Å². The summed E-state index contributed by atoms with van der Waals surface area (Å²) in [6, 6.07) is 3.73. The summed E-state index contributed by atoms with van der Waals surface area (Å²) >= 11 is 3.38. The lowest BCUT2D eigenvalue weighted by atomic mass is 10.1. The van der Waals surface area contributed by atoms with Crippen LogP contribution in [0.4, 0.5) is 5.69 Å². The monoisotopic (exact) mass is 343 g/mol. The van der Waals surface area contributed by atoms with E-state index in [4.69, 9.17) is 0 Å². The minimum Gasteiger partial charge on any atom is -0.339 e. The third kappa shape index (κ3) is 2.98. The number of sulfonamides is 1. The third-order valence-electron chi connectivity index (χ3n) is 2.69. The number of hydrogen-bond donors (Lipinski definition) is 1. The number of aryl methyl sites for hydroxylation is 3. The van der Waals surface area contributed by atoms with Gasteiger partial charge in [-0.3, -0.25) is 4.72 Å². The van der Waals surface area contributed by atoms with Gasteiger partial charge in [0.15, 0.2) is 5.03 Å². The molecule has 0 bridgehead atoms. The lowest BCUT2D eigenvalue weighted by Gasteiger charge is -2.12. The van der Waals surface area contributed by atoms with Crippen LogP contribution in [0.1, 0.15) is 11.1 Å². The van der Waals surface area contributed by atoms with Gasteiger partial charge < -0.3 is 4.57 Å². The van der Waals surface area contributed by atoms with Crippen LogP contribution in [0.3, 0.4) is 0 Å². The Morgan fingerprint density at radius 1 is 1.26 bits per heavy atom. The number of halogens is 1. The van der Waals surface area contributed by atoms with Crippen LogP contribution in [-0.4, -0.2) is 18.0 Å². The van der Waals surface area contributed by atoms with Crippen LogP contribution in [0.5, 0.6) is 0 Å². The van der Waals surface area contributed by atoms with E-state index >= 15 is 0 Å². The molecule has 0 fully saturated rings. The van der Waals surface area contributed by atoms with Crippen molar-refractivity contribution in [3.8, 4) is 0 Å². The summed E-state index contributed by atoms with van der Waals surface area (Å²) in [6.45, 7) is 3.71. The second-order valence-corrected chi connectivity index (χ2v) is 6.94. The topological polar surface area (TPSA) is 64.0 Å². The molecule has 0 aliphatic rings. The summed E-state index contributed by atoms with van der Waals surface area (Å²) in [7, 11) is -1.92. The van der Waals surface area contributed by atoms with Crippen molar-refractivity contribution in [2.75, 3.05) is 4.72 Å². The van der Waals surface area contributed by atoms with Gasteiger partial charge in [-0.2, -0.15) is 8.42 Å². The molecule has 1 N–H and O–H groups in total. The number of nitrogens with one attached hydrogen (secondary N) is 1. The van der Waals surface area contributed by atoms with Crippen molar-refractivity contribution in [2.24, 2.45) is 7.05 Å². The standard InChI is InChI=1S/C12H14BrN3O2S/c1-8-4-10(13)5-9(2)12(8)15-19(17,18)11-6-16(3)7-14-11/h4-7,15H,1-3H3. The van der Waals surface area contributed by atoms with Gasteiger partial charge in [0.2, 0.25) is 0 Å². The quantitative estimate of drug-likeness (QED) is 0.931. The van der Waals surface area contributed by atoms with E-state index in [9.17, 15) is 8.42 Å². The van der Waals surface area contributed by atoms with Gasteiger partial charge in [-0.1, -0.05) is 15.9 Å². The summed E-state index contributed by atoms with van der Waals surface area (Å²) in [4.78, 5) is 3.86. The molecular weight excluding hydrogens is 330 g/mol. The van der Waals surface area contributed by atoms with Gasteiger partial charge >= 0.3 is 0 Å². The molecule has 0 spiro atoms. The normalized spacial score (nSPS) is 11.6. The maximum absolute atomic E-state index is 12.2. The molecule has 0 unspecified atom stereocenters. The highest BCUT2D eigenvalue weighted by atomic mass is 79.9. The van der Waals surface area contributed by atoms with Crippen molar-refractivity contribution in [1.29, 1.82) is 0 Å². The highest BCUT2D eigenvalue weighted by molar-refractivity contribution is 9.10. The fraction of sp³-hybridized carbons (Fsp3) is 0.250. The molecule has 0 aliphatic carbocycles. The molecule has 102 valence electrons. The van der Waals surface area contributed by atoms with Crippen molar-refractivity contribution >= 4 is 31.6 Å². The van der Waals surface area contributed by atoms with Gasteiger partial charge in [-0.15, -0.1) is 0 Å². The molecular formula is C12H14BrN3O2S. The van der Waals surface area contributed by atoms with Crippen molar-refractivity contribution in [3.63, 3.8) is 0 Å². The summed E-state index contributed by atoms with van der Waals surface area (Å²) < 4.78 is 29.5. The van der Waals surface area contributed by atoms with E-state index in [0.717, 1.165) is 15.6 Å². The van der Waals surface area contributed by atoms with E-state index in [0.29, 0.717) is 5.69 Å². The maximum Gasteiger partial charge on any atom is 0.280 e. The zero-order valence-electron chi connectivity index (χ0n) is 10.8. The zero-order valence-corrected chi connectivity index (χ0v) is 13.2. The highest BCUT2D eigenvalue weighted by Gasteiger charge is 2.19. The number of anilines is 1. The molecule has 7 heteroatoms. The summed E-state index contributed by atoms with van der Waals surface area (Å²) in [5, 5.41) is 0.0109. The van der Waals surface area contributed by atoms with Crippen LogP contribution in [0.15, 0.2) is 34.2 Å². The summed E-state index contributed by atoms with van der Waals surface area (Å²) in [6.07, 6.45) is 2.92. The van der Waals surface area contributed by atoms with Gasteiger partial charge in [0.05, 0.1) is 12.0 Å². The van der Waals surface area contributed by atoms with Crippen LogP contribution >= 0.6 is 15.9 Å². The second-order valence-electron chi connectivity index (χ2n) is 4.40. The first-order valence-corrected chi connectivity index (χ1v) is 7.85. The molecule has 2 rings (SSSR count). The largest absolute Gasteiger partial charge is 0.339 e. The summed E-state index contributed by atoms with van der Waals surface area (Å²) in [5.74, 6) is 0. The molecule has 0 radical (unpaired) electrons. The number of imidazole rings is 1. The average Bonchev–Trinajstić information content (AvgIpc) is 2.71. The lowest BCUT2D eigenvalue weighted by Crippen LogP contribution is -2.15. The highest BCUT2D eigenvalue weighted by Crippen LogP contribution is 2.27. The number of hydrogen-bond acceptors (Lipinski definition) is 3. The molecule has 1 heterocycles. The Morgan fingerprint density at radius 3 is 2.32 bits per heavy atom. The van der Waals surface area contributed by atoms with E-state index < -0.39 is 10.0 Å². The first-order chi connectivity index (χ1) is 8.79. The van der Waals surface area contributed by atoms with Crippen LogP contribution < -0.4 is 4.72 Å². The first-order valence-electron chi connectivity index (χ1n) is 5.57. The SMILES string of the molecule is Cc1cc(Br)cc(C)c1NS(=O)(=O)c1cn(C)cn1. The Morgan fingerprint density at radius 2 is 1.84 bits per heavy atom. The van der Waals surface area contributed by atoms with Crippen molar-refractivity contribution < 1.29 is 8.42 Å². The van der Waals surface area contributed by atoms with Gasteiger partial charge in [0.1, 0.15) is 0 Å². The van der Waals surface area contributed by atoms with Gasteiger partial charge in [0, 0.05) is 17.7 Å². The zero-order chi connectivity index (χ0) is 14.2. The van der Waals surface area contributed by atoms with Crippen LogP contribution in [0.25, 0.3) is 0 Å². The Balaban J connectivity index is 2.41. The number of rotatable bonds is 3. The van der Waals surface area contributed by atoms with E-state index in [1.165, 1.54) is 12.5 Å². The average molecular weight is 344 g/mol. The number of aromatic nitrogens is 2. The number of benzene rings is 1. The fourth-order valence-corrected chi connectivity index (χ4v) is 3.66. The van der Waals surface area contributed by atoms with Crippen LogP contribution in [-0.2, 0) is 17.1 Å². The molecule has 1 aromatic heterocycles. The molecule has 5 nitrogen and oxygen atoms in total. The lowest BCUT2D eigenvalue weighted by molar-refractivity contribution is 0.598. The Labute approximate surface area is 120 Å². The smallest absolute Gasteiger partial charge is 0.280 e. The Kier molecular flexibility index (Phi) is 3.69. The van der Waals surface area contributed by atoms with Crippen molar-refractivity contribution in [3.05, 3.63) is 40.3 Å². The second kappa shape index (κ2) is 4.97. The Hall–Kier alpha value is -1.34. The molecule has 0 saturated heterocycles. The Bertz CT molecular complexity index is 699. The van der Waals surface area contributed by atoms with E-state index in [1.807, 2.05) is 26.0 Å². The number of nitrogens with zero attached hydrogens (tertiary/aromatic N) is 2. The van der Waals surface area contributed by atoms with Crippen LogP contribution in [0, 0.1) is 13.8 Å². The minimum atomic E-state index is -3.65.